The Labute approximate surface area is 103 Å². The van der Waals surface area contributed by atoms with Crippen LogP contribution in [0.25, 0.3) is 0 Å². The van der Waals surface area contributed by atoms with Gasteiger partial charge in [0.15, 0.2) is 0 Å². The summed E-state index contributed by atoms with van der Waals surface area (Å²) in [6, 6.07) is 2.07. The van der Waals surface area contributed by atoms with Gasteiger partial charge in [0.2, 0.25) is 0 Å². The highest BCUT2D eigenvalue weighted by Gasteiger charge is 2.28. The number of hydrogen-bond donors (Lipinski definition) is 1. The molecule has 1 aliphatic rings. The normalized spacial score (nSPS) is 26.0. The minimum absolute atomic E-state index is 0.214. The summed E-state index contributed by atoms with van der Waals surface area (Å²) in [6.45, 7) is 3.91. The lowest BCUT2D eigenvalue weighted by Crippen LogP contribution is -2.28. The molecular weight excluding hydrogens is 277 g/mol. The SMILES string of the molecule is CC1CN(c2ncc(Br)cc2Cl)CC1N. The molecule has 2 rings (SSSR count). The Morgan fingerprint density at radius 2 is 2.33 bits per heavy atom. The molecule has 1 aromatic rings. The minimum atomic E-state index is 0.214. The van der Waals surface area contributed by atoms with E-state index in [1.807, 2.05) is 6.07 Å². The molecule has 1 saturated heterocycles. The number of nitrogens with two attached hydrogens (primary N) is 1. The first-order chi connectivity index (χ1) is 7.08. The van der Waals surface area contributed by atoms with E-state index in [0.29, 0.717) is 10.9 Å². The zero-order valence-electron chi connectivity index (χ0n) is 8.45. The first-order valence-corrected chi connectivity index (χ1v) is 6.06. The van der Waals surface area contributed by atoms with Gasteiger partial charge in [-0.3, -0.25) is 0 Å². The maximum Gasteiger partial charge on any atom is 0.147 e. The number of anilines is 1. The standard InChI is InChI=1S/C10H13BrClN3/c1-6-4-15(5-9(6)13)10-8(12)2-7(11)3-14-10/h2-3,6,9H,4-5,13H2,1H3. The zero-order chi connectivity index (χ0) is 11.0. The third-order valence-electron chi connectivity index (χ3n) is 2.76. The number of nitrogens with zero attached hydrogens (tertiary/aromatic N) is 2. The van der Waals surface area contributed by atoms with Gasteiger partial charge in [0.05, 0.1) is 5.02 Å². The first kappa shape index (κ1) is 11.2. The van der Waals surface area contributed by atoms with Crippen molar-refractivity contribution in [2.45, 2.75) is 13.0 Å². The van der Waals surface area contributed by atoms with Crippen LogP contribution >= 0.6 is 27.5 Å². The highest BCUT2D eigenvalue weighted by atomic mass is 79.9. The van der Waals surface area contributed by atoms with Gasteiger partial charge in [0, 0.05) is 29.8 Å². The van der Waals surface area contributed by atoms with Crippen molar-refractivity contribution >= 4 is 33.3 Å². The second-order valence-electron chi connectivity index (χ2n) is 4.01. The number of halogens is 2. The second kappa shape index (κ2) is 4.28. The Kier molecular flexibility index (Phi) is 3.19. The molecule has 1 fully saturated rings. The van der Waals surface area contributed by atoms with Crippen molar-refractivity contribution in [3.8, 4) is 0 Å². The lowest BCUT2D eigenvalue weighted by atomic mass is 10.1. The van der Waals surface area contributed by atoms with Gasteiger partial charge in [-0.05, 0) is 27.9 Å². The molecule has 3 nitrogen and oxygen atoms in total. The van der Waals surface area contributed by atoms with Crippen LogP contribution in [0.1, 0.15) is 6.92 Å². The van der Waals surface area contributed by atoms with E-state index in [2.05, 4.69) is 32.7 Å². The van der Waals surface area contributed by atoms with E-state index in [4.69, 9.17) is 17.3 Å². The summed E-state index contributed by atoms with van der Waals surface area (Å²) in [5.74, 6) is 1.33. The number of rotatable bonds is 1. The first-order valence-electron chi connectivity index (χ1n) is 4.89. The molecule has 5 heteroatoms. The largest absolute Gasteiger partial charge is 0.353 e. The molecule has 2 heterocycles. The highest BCUT2D eigenvalue weighted by molar-refractivity contribution is 9.10. The average Bonchev–Trinajstić information content (AvgIpc) is 2.46. The average molecular weight is 291 g/mol. The van der Waals surface area contributed by atoms with Crippen LogP contribution in [0.3, 0.4) is 0 Å². The fourth-order valence-electron chi connectivity index (χ4n) is 1.80. The van der Waals surface area contributed by atoms with Gasteiger partial charge in [0.1, 0.15) is 5.82 Å². The molecular formula is C10H13BrClN3. The van der Waals surface area contributed by atoms with Crippen LogP contribution in [0.15, 0.2) is 16.7 Å². The Hall–Kier alpha value is -0.320. The predicted molar refractivity (Wildman–Crippen MR) is 66.3 cm³/mol. The molecule has 0 saturated carbocycles. The quantitative estimate of drug-likeness (QED) is 0.863. The monoisotopic (exact) mass is 289 g/mol. The maximum atomic E-state index is 6.13. The molecule has 82 valence electrons. The topological polar surface area (TPSA) is 42.2 Å². The maximum absolute atomic E-state index is 6.13. The van der Waals surface area contributed by atoms with Crippen LogP contribution < -0.4 is 10.6 Å². The Balaban J connectivity index is 2.24. The lowest BCUT2D eigenvalue weighted by Gasteiger charge is -2.18. The van der Waals surface area contributed by atoms with Crippen molar-refractivity contribution in [3.63, 3.8) is 0 Å². The van der Waals surface area contributed by atoms with Gasteiger partial charge in [-0.1, -0.05) is 18.5 Å². The minimum Gasteiger partial charge on any atom is -0.353 e. The van der Waals surface area contributed by atoms with E-state index in [1.54, 1.807) is 6.20 Å². The van der Waals surface area contributed by atoms with Crippen LogP contribution in [-0.2, 0) is 0 Å². The fraction of sp³-hybridized carbons (Fsp3) is 0.500. The van der Waals surface area contributed by atoms with E-state index >= 15 is 0 Å². The summed E-state index contributed by atoms with van der Waals surface area (Å²) in [6.07, 6.45) is 1.76. The van der Waals surface area contributed by atoms with Crippen molar-refractivity contribution in [2.75, 3.05) is 18.0 Å². The smallest absolute Gasteiger partial charge is 0.147 e. The van der Waals surface area contributed by atoms with Crippen LogP contribution in [-0.4, -0.2) is 24.1 Å². The Bertz CT molecular complexity index is 362. The molecule has 2 N–H and O–H groups in total. The molecule has 0 bridgehead atoms. The number of aromatic nitrogens is 1. The van der Waals surface area contributed by atoms with Crippen LogP contribution in [0.5, 0.6) is 0 Å². The summed E-state index contributed by atoms with van der Waals surface area (Å²) in [4.78, 5) is 6.46. The molecule has 2 unspecified atom stereocenters. The lowest BCUT2D eigenvalue weighted by molar-refractivity contribution is 0.566. The Morgan fingerprint density at radius 1 is 1.60 bits per heavy atom. The molecule has 0 amide bonds. The molecule has 1 aliphatic heterocycles. The molecule has 0 radical (unpaired) electrons. The van der Waals surface area contributed by atoms with Crippen LogP contribution in [0, 0.1) is 5.92 Å². The Morgan fingerprint density at radius 3 is 2.87 bits per heavy atom. The summed E-state index contributed by atoms with van der Waals surface area (Å²) >= 11 is 9.47. The summed E-state index contributed by atoms with van der Waals surface area (Å²) in [5, 5.41) is 0.672. The third-order valence-corrected chi connectivity index (χ3v) is 3.47. The van der Waals surface area contributed by atoms with Gasteiger partial charge in [-0.2, -0.15) is 0 Å². The highest BCUT2D eigenvalue weighted by Crippen LogP contribution is 2.29. The van der Waals surface area contributed by atoms with Gasteiger partial charge < -0.3 is 10.6 Å². The third kappa shape index (κ3) is 2.27. The van der Waals surface area contributed by atoms with Gasteiger partial charge in [-0.25, -0.2) is 4.98 Å². The van der Waals surface area contributed by atoms with E-state index in [0.717, 1.165) is 23.4 Å². The van der Waals surface area contributed by atoms with E-state index in [1.165, 1.54) is 0 Å². The molecule has 1 aromatic heterocycles. The van der Waals surface area contributed by atoms with Crippen molar-refractivity contribution < 1.29 is 0 Å². The summed E-state index contributed by atoms with van der Waals surface area (Å²) < 4.78 is 0.896. The number of hydrogen-bond acceptors (Lipinski definition) is 3. The van der Waals surface area contributed by atoms with Crippen molar-refractivity contribution in [1.29, 1.82) is 0 Å². The molecule has 0 spiro atoms. The van der Waals surface area contributed by atoms with Gasteiger partial charge >= 0.3 is 0 Å². The van der Waals surface area contributed by atoms with E-state index in [-0.39, 0.29) is 6.04 Å². The van der Waals surface area contributed by atoms with Crippen molar-refractivity contribution in [3.05, 3.63) is 21.8 Å². The fourth-order valence-corrected chi connectivity index (χ4v) is 2.55. The van der Waals surface area contributed by atoms with Crippen molar-refractivity contribution in [2.24, 2.45) is 11.7 Å². The van der Waals surface area contributed by atoms with Crippen LogP contribution in [0.2, 0.25) is 5.02 Å². The number of pyridine rings is 1. The second-order valence-corrected chi connectivity index (χ2v) is 5.33. The van der Waals surface area contributed by atoms with E-state index in [9.17, 15) is 0 Å². The van der Waals surface area contributed by atoms with E-state index < -0.39 is 0 Å². The van der Waals surface area contributed by atoms with Crippen molar-refractivity contribution in [1.82, 2.24) is 4.98 Å². The molecule has 0 aromatic carbocycles. The van der Waals surface area contributed by atoms with Crippen LogP contribution in [0.4, 0.5) is 5.82 Å². The summed E-state index contributed by atoms with van der Waals surface area (Å²) in [5.41, 5.74) is 5.96. The zero-order valence-corrected chi connectivity index (χ0v) is 10.8. The molecule has 0 aliphatic carbocycles. The summed E-state index contributed by atoms with van der Waals surface area (Å²) in [7, 11) is 0. The van der Waals surface area contributed by atoms with Gasteiger partial charge in [0.25, 0.3) is 0 Å². The molecule has 15 heavy (non-hydrogen) atoms. The van der Waals surface area contributed by atoms with Gasteiger partial charge in [-0.15, -0.1) is 0 Å². The molecule has 2 atom stereocenters. The predicted octanol–water partition coefficient (Wildman–Crippen LogP) is 2.28.